The molecule has 1 nitrogen and oxygen atoms in total. The van der Waals surface area contributed by atoms with E-state index in [0.29, 0.717) is 11.8 Å². The van der Waals surface area contributed by atoms with Gasteiger partial charge in [0.25, 0.3) is 0 Å². The van der Waals surface area contributed by atoms with E-state index in [2.05, 4.69) is 61.6 Å². The number of aryl methyl sites for hydroxylation is 1. The monoisotopic (exact) mass is 375 g/mol. The zero-order chi connectivity index (χ0) is 19.8. The van der Waals surface area contributed by atoms with E-state index in [-0.39, 0.29) is 0 Å². The van der Waals surface area contributed by atoms with Crippen molar-refractivity contribution in [1.29, 1.82) is 0 Å². The van der Waals surface area contributed by atoms with Crippen LogP contribution in [0.25, 0.3) is 0 Å². The highest BCUT2D eigenvalue weighted by molar-refractivity contribution is 7.97. The highest BCUT2D eigenvalue weighted by Crippen LogP contribution is 2.44. The molecule has 0 heterocycles. The highest BCUT2D eigenvalue weighted by Gasteiger charge is 2.37. The topological polar surface area (TPSA) is 12.0 Å². The summed E-state index contributed by atoms with van der Waals surface area (Å²) in [6.45, 7) is 16.7. The molecule has 1 aromatic rings. The van der Waals surface area contributed by atoms with E-state index in [1.54, 1.807) is 11.9 Å². The molecule has 1 saturated carbocycles. The highest BCUT2D eigenvalue weighted by atomic mass is 32.2. The Balaban J connectivity index is 0.00000146. The van der Waals surface area contributed by atoms with Crippen LogP contribution in [0.5, 0.6) is 0 Å². The molecular weight excluding hydrogens is 334 g/mol. The molecule has 0 saturated heterocycles. The van der Waals surface area contributed by atoms with Gasteiger partial charge in [-0.3, -0.25) is 0 Å². The Morgan fingerprint density at radius 1 is 1.15 bits per heavy atom. The largest absolute Gasteiger partial charge is 0.330 e. The second-order valence-corrected chi connectivity index (χ2v) is 7.01. The average molecular weight is 376 g/mol. The Morgan fingerprint density at radius 2 is 1.85 bits per heavy atom. The predicted octanol–water partition coefficient (Wildman–Crippen LogP) is 8.18. The van der Waals surface area contributed by atoms with Gasteiger partial charge in [-0.15, -0.1) is 0 Å². The maximum absolute atomic E-state index is 4.24. The standard InChI is InChI=1S/C20H29NS.2C2H6/c1-4-6-7-8-13-18-15-19(18)16(3)21-22-20-14-10-9-12-17(20)11-5-2;2*1-2/h8-10,12-14,18-19,21H,3-7,11,15H2,1-2H3;2*1-2H3/b13-8-;;. The summed E-state index contributed by atoms with van der Waals surface area (Å²) in [7, 11) is 0. The van der Waals surface area contributed by atoms with Crippen molar-refractivity contribution in [2.24, 2.45) is 11.8 Å². The Hall–Kier alpha value is -1.15. The maximum atomic E-state index is 4.24. The van der Waals surface area contributed by atoms with E-state index in [1.165, 1.54) is 48.3 Å². The fourth-order valence-electron chi connectivity index (χ4n) is 2.70. The predicted molar refractivity (Wildman–Crippen MR) is 122 cm³/mol. The van der Waals surface area contributed by atoms with E-state index >= 15 is 0 Å². The lowest BCUT2D eigenvalue weighted by molar-refractivity contribution is 0.807. The third-order valence-corrected chi connectivity index (χ3v) is 5.16. The van der Waals surface area contributed by atoms with Gasteiger partial charge in [-0.25, -0.2) is 0 Å². The summed E-state index contributed by atoms with van der Waals surface area (Å²) in [6, 6.07) is 8.67. The van der Waals surface area contributed by atoms with E-state index in [9.17, 15) is 0 Å². The lowest BCUT2D eigenvalue weighted by Crippen LogP contribution is -2.05. The van der Waals surface area contributed by atoms with E-state index in [4.69, 9.17) is 0 Å². The Labute approximate surface area is 167 Å². The first kappa shape index (κ1) is 24.8. The van der Waals surface area contributed by atoms with Gasteiger partial charge in [0.05, 0.1) is 0 Å². The van der Waals surface area contributed by atoms with E-state index in [1.807, 2.05) is 27.7 Å². The second-order valence-electron chi connectivity index (χ2n) is 6.16. The molecule has 2 atom stereocenters. The number of hydrogen-bond acceptors (Lipinski definition) is 2. The van der Waals surface area contributed by atoms with Crippen molar-refractivity contribution in [3.05, 3.63) is 54.3 Å². The van der Waals surface area contributed by atoms with Gasteiger partial charge in [-0.1, -0.05) is 97.7 Å². The number of unbranched alkanes of at least 4 members (excludes halogenated alkanes) is 2. The molecule has 1 aromatic carbocycles. The summed E-state index contributed by atoms with van der Waals surface area (Å²) in [5, 5.41) is 0. The molecule has 1 fully saturated rings. The molecular formula is C24H41NS. The first-order valence-electron chi connectivity index (χ1n) is 10.6. The van der Waals surface area contributed by atoms with Crippen LogP contribution in [-0.4, -0.2) is 0 Å². The van der Waals surface area contributed by atoms with Crippen LogP contribution in [0.3, 0.4) is 0 Å². The molecule has 1 N–H and O–H groups in total. The molecule has 0 aromatic heterocycles. The minimum absolute atomic E-state index is 0.628. The molecule has 0 spiro atoms. The SMILES string of the molecule is C=C(NSc1ccccc1CCC)C1CC1/C=C\CCCC.CC.CC. The first-order valence-corrected chi connectivity index (χ1v) is 11.4. The quantitative estimate of drug-likeness (QED) is 0.251. The fraction of sp³-hybridized carbons (Fsp3) is 0.583. The number of rotatable bonds is 10. The van der Waals surface area contributed by atoms with Crippen LogP contribution >= 0.6 is 11.9 Å². The smallest absolute Gasteiger partial charge is 0.0316 e. The number of benzene rings is 1. The molecule has 148 valence electrons. The average Bonchev–Trinajstić information content (AvgIpc) is 3.47. The van der Waals surface area contributed by atoms with Crippen LogP contribution in [-0.2, 0) is 6.42 Å². The van der Waals surface area contributed by atoms with Crippen molar-refractivity contribution in [2.75, 3.05) is 0 Å². The third-order valence-electron chi connectivity index (χ3n) is 4.18. The van der Waals surface area contributed by atoms with Crippen molar-refractivity contribution in [3.8, 4) is 0 Å². The molecule has 26 heavy (non-hydrogen) atoms. The van der Waals surface area contributed by atoms with Crippen LogP contribution in [0.15, 0.2) is 53.6 Å². The van der Waals surface area contributed by atoms with Gasteiger partial charge in [0.2, 0.25) is 0 Å². The number of nitrogens with one attached hydrogen (secondary N) is 1. The number of hydrogen-bond donors (Lipinski definition) is 1. The van der Waals surface area contributed by atoms with Gasteiger partial charge in [0.1, 0.15) is 0 Å². The molecule has 1 aliphatic rings. The third kappa shape index (κ3) is 9.52. The molecule has 1 aliphatic carbocycles. The van der Waals surface area contributed by atoms with Crippen molar-refractivity contribution in [2.45, 2.75) is 85.0 Å². The van der Waals surface area contributed by atoms with Crippen molar-refractivity contribution >= 4 is 11.9 Å². The van der Waals surface area contributed by atoms with Gasteiger partial charge >= 0.3 is 0 Å². The first-order chi connectivity index (χ1) is 12.8. The molecule has 2 heteroatoms. The molecule has 0 radical (unpaired) electrons. The summed E-state index contributed by atoms with van der Waals surface area (Å²) >= 11 is 1.72. The zero-order valence-corrected chi connectivity index (χ0v) is 18.8. The summed E-state index contributed by atoms with van der Waals surface area (Å²) < 4.78 is 3.48. The molecule has 2 rings (SSSR count). The van der Waals surface area contributed by atoms with Gasteiger partial charge in [-0.05, 0) is 48.8 Å². The van der Waals surface area contributed by atoms with Gasteiger partial charge in [0.15, 0.2) is 0 Å². The summed E-state index contributed by atoms with van der Waals surface area (Å²) in [5.74, 6) is 1.34. The van der Waals surface area contributed by atoms with Crippen LogP contribution in [0.1, 0.15) is 79.2 Å². The minimum Gasteiger partial charge on any atom is -0.330 e. The maximum Gasteiger partial charge on any atom is 0.0316 e. The lowest BCUT2D eigenvalue weighted by atomic mass is 10.1. The normalized spacial score (nSPS) is 17.6. The van der Waals surface area contributed by atoms with Crippen LogP contribution in [0, 0.1) is 11.8 Å². The van der Waals surface area contributed by atoms with Gasteiger partial charge in [-0.2, -0.15) is 0 Å². The minimum atomic E-state index is 0.628. The summed E-state index contributed by atoms with van der Waals surface area (Å²) in [5.41, 5.74) is 2.61. The van der Waals surface area contributed by atoms with E-state index in [0.717, 1.165) is 6.42 Å². The van der Waals surface area contributed by atoms with Gasteiger partial charge < -0.3 is 4.72 Å². The Bertz CT molecular complexity index is 507. The second kappa shape index (κ2) is 16.1. The Kier molecular flexibility index (Phi) is 15.3. The number of allylic oxidation sites excluding steroid dienone is 3. The molecule has 0 amide bonds. The molecule has 0 bridgehead atoms. The lowest BCUT2D eigenvalue weighted by Gasteiger charge is -2.11. The molecule has 2 unspecified atom stereocenters. The van der Waals surface area contributed by atoms with Crippen LogP contribution in [0.4, 0.5) is 0 Å². The van der Waals surface area contributed by atoms with Crippen molar-refractivity contribution in [3.63, 3.8) is 0 Å². The van der Waals surface area contributed by atoms with Crippen molar-refractivity contribution in [1.82, 2.24) is 4.72 Å². The van der Waals surface area contributed by atoms with Gasteiger partial charge in [0, 0.05) is 16.5 Å². The Morgan fingerprint density at radius 3 is 2.50 bits per heavy atom. The van der Waals surface area contributed by atoms with Crippen LogP contribution < -0.4 is 4.72 Å². The fourth-order valence-corrected chi connectivity index (χ4v) is 3.54. The van der Waals surface area contributed by atoms with Crippen molar-refractivity contribution < 1.29 is 0 Å². The summed E-state index contributed by atoms with van der Waals surface area (Å²) in [4.78, 5) is 1.33. The molecule has 0 aliphatic heterocycles. The van der Waals surface area contributed by atoms with E-state index < -0.39 is 0 Å². The summed E-state index contributed by atoms with van der Waals surface area (Å²) in [6.07, 6.45) is 12.1. The van der Waals surface area contributed by atoms with Crippen LogP contribution in [0.2, 0.25) is 0 Å². The zero-order valence-electron chi connectivity index (χ0n) is 18.0.